The van der Waals surface area contributed by atoms with Gasteiger partial charge in [0.25, 0.3) is 0 Å². The van der Waals surface area contributed by atoms with E-state index in [1.54, 1.807) is 23.0 Å². The zero-order chi connectivity index (χ0) is 17.1. The van der Waals surface area contributed by atoms with Gasteiger partial charge < -0.3 is 10.1 Å². The van der Waals surface area contributed by atoms with Gasteiger partial charge in [0.2, 0.25) is 0 Å². The van der Waals surface area contributed by atoms with Crippen LogP contribution in [-0.2, 0) is 4.74 Å². The van der Waals surface area contributed by atoms with Crippen LogP contribution in [0.25, 0.3) is 16.7 Å². The van der Waals surface area contributed by atoms with Crippen LogP contribution >= 0.6 is 0 Å². The van der Waals surface area contributed by atoms with Gasteiger partial charge in [-0.25, -0.2) is 19.0 Å². The fraction of sp³-hybridized carbons (Fsp3) is 0.353. The van der Waals surface area contributed by atoms with Crippen LogP contribution in [0.5, 0.6) is 0 Å². The smallest absolute Gasteiger partial charge is 0.168 e. The van der Waals surface area contributed by atoms with Crippen LogP contribution in [0, 0.1) is 12.7 Å². The Morgan fingerprint density at radius 1 is 1.33 bits per heavy atom. The van der Waals surface area contributed by atoms with E-state index in [-0.39, 0.29) is 11.9 Å². The van der Waals surface area contributed by atoms with Crippen molar-refractivity contribution in [1.29, 1.82) is 0 Å². The first-order valence-corrected chi connectivity index (χ1v) is 7.91. The molecule has 1 atom stereocenters. The maximum absolute atomic E-state index is 13.5. The minimum atomic E-state index is -0.314. The van der Waals surface area contributed by atoms with E-state index in [0.717, 1.165) is 5.39 Å². The van der Waals surface area contributed by atoms with E-state index in [9.17, 15) is 4.39 Å². The predicted octanol–water partition coefficient (Wildman–Crippen LogP) is 3.10. The lowest BCUT2D eigenvalue weighted by atomic mass is 10.3. The molecule has 3 rings (SSSR count). The molecule has 6 nitrogen and oxygen atoms in total. The third-order valence-electron chi connectivity index (χ3n) is 3.55. The van der Waals surface area contributed by atoms with Gasteiger partial charge in [-0.05, 0) is 39.0 Å². The standard InChI is InChI=1S/C17H20FN5O/c1-4-24-10-11(2)20-16-15-9-19-23(17(15)22-12(3)21-16)14-7-5-6-13(18)8-14/h5-9,11H,4,10H2,1-3H3,(H,20,21,22)/t11-/m1/s1. The molecule has 0 saturated heterocycles. The number of anilines is 1. The summed E-state index contributed by atoms with van der Waals surface area (Å²) in [6.07, 6.45) is 1.69. The van der Waals surface area contributed by atoms with Gasteiger partial charge in [0, 0.05) is 12.6 Å². The molecule has 3 aromatic rings. The molecule has 24 heavy (non-hydrogen) atoms. The van der Waals surface area contributed by atoms with E-state index in [0.29, 0.717) is 36.2 Å². The zero-order valence-electron chi connectivity index (χ0n) is 14.0. The van der Waals surface area contributed by atoms with Crippen molar-refractivity contribution in [3.05, 3.63) is 42.1 Å². The number of rotatable bonds is 6. The second-order valence-corrected chi connectivity index (χ2v) is 5.60. The summed E-state index contributed by atoms with van der Waals surface area (Å²) >= 11 is 0. The van der Waals surface area contributed by atoms with Crippen LogP contribution in [0.1, 0.15) is 19.7 Å². The second-order valence-electron chi connectivity index (χ2n) is 5.60. The Morgan fingerprint density at radius 3 is 2.92 bits per heavy atom. The normalized spacial score (nSPS) is 12.5. The predicted molar refractivity (Wildman–Crippen MR) is 90.9 cm³/mol. The van der Waals surface area contributed by atoms with Crippen LogP contribution in [-0.4, -0.2) is 39.0 Å². The number of fused-ring (bicyclic) bond motifs is 1. The van der Waals surface area contributed by atoms with Crippen LogP contribution < -0.4 is 5.32 Å². The van der Waals surface area contributed by atoms with Crippen LogP contribution in [0.3, 0.4) is 0 Å². The van der Waals surface area contributed by atoms with E-state index in [2.05, 4.69) is 20.4 Å². The van der Waals surface area contributed by atoms with Gasteiger partial charge in [-0.3, -0.25) is 0 Å². The topological polar surface area (TPSA) is 64.9 Å². The molecule has 1 aromatic carbocycles. The Morgan fingerprint density at radius 2 is 2.17 bits per heavy atom. The van der Waals surface area contributed by atoms with Gasteiger partial charge in [0.1, 0.15) is 17.5 Å². The molecule has 0 spiro atoms. The van der Waals surface area contributed by atoms with Gasteiger partial charge in [-0.15, -0.1) is 0 Å². The lowest BCUT2D eigenvalue weighted by Gasteiger charge is -2.15. The van der Waals surface area contributed by atoms with Crippen molar-refractivity contribution >= 4 is 16.9 Å². The molecule has 1 N–H and O–H groups in total. The molecule has 2 heterocycles. The summed E-state index contributed by atoms with van der Waals surface area (Å²) in [7, 11) is 0. The third-order valence-corrected chi connectivity index (χ3v) is 3.55. The number of nitrogens with zero attached hydrogens (tertiary/aromatic N) is 4. The van der Waals surface area contributed by atoms with Crippen molar-refractivity contribution in [3.8, 4) is 5.69 Å². The summed E-state index contributed by atoms with van der Waals surface area (Å²) < 4.78 is 20.6. The third kappa shape index (κ3) is 3.35. The number of nitrogens with one attached hydrogen (secondary N) is 1. The highest BCUT2D eigenvalue weighted by atomic mass is 19.1. The number of aryl methyl sites for hydroxylation is 1. The van der Waals surface area contributed by atoms with E-state index in [1.165, 1.54) is 12.1 Å². The molecule has 126 valence electrons. The number of benzene rings is 1. The molecule has 0 amide bonds. The minimum absolute atomic E-state index is 0.0972. The first kappa shape index (κ1) is 16.3. The second kappa shape index (κ2) is 6.92. The highest BCUT2D eigenvalue weighted by Crippen LogP contribution is 2.23. The highest BCUT2D eigenvalue weighted by Gasteiger charge is 2.14. The quantitative estimate of drug-likeness (QED) is 0.753. The molecule has 0 fully saturated rings. The number of aromatic nitrogens is 4. The van der Waals surface area contributed by atoms with E-state index in [1.807, 2.05) is 20.8 Å². The van der Waals surface area contributed by atoms with Gasteiger partial charge >= 0.3 is 0 Å². The maximum atomic E-state index is 13.5. The van der Waals surface area contributed by atoms with E-state index < -0.39 is 0 Å². The van der Waals surface area contributed by atoms with Gasteiger partial charge in [-0.1, -0.05) is 6.07 Å². The summed E-state index contributed by atoms with van der Waals surface area (Å²) in [4.78, 5) is 8.94. The molecule has 2 aromatic heterocycles. The monoisotopic (exact) mass is 329 g/mol. The number of halogens is 1. The summed E-state index contributed by atoms with van der Waals surface area (Å²) in [6, 6.07) is 6.36. The van der Waals surface area contributed by atoms with Crippen LogP contribution in [0.15, 0.2) is 30.5 Å². The summed E-state index contributed by atoms with van der Waals surface area (Å²) in [5.74, 6) is 1.00. The van der Waals surface area contributed by atoms with Gasteiger partial charge in [0.05, 0.1) is 23.9 Å². The first-order chi connectivity index (χ1) is 11.6. The molecule has 0 radical (unpaired) electrons. The first-order valence-electron chi connectivity index (χ1n) is 7.91. The van der Waals surface area contributed by atoms with E-state index in [4.69, 9.17) is 4.74 Å². The highest BCUT2D eigenvalue weighted by molar-refractivity contribution is 5.87. The summed E-state index contributed by atoms with van der Waals surface area (Å²) in [6.45, 7) is 7.06. The Balaban J connectivity index is 2.01. The largest absolute Gasteiger partial charge is 0.380 e. The molecule has 0 bridgehead atoms. The Bertz CT molecular complexity index is 848. The lowest BCUT2D eigenvalue weighted by molar-refractivity contribution is 0.141. The molecule has 0 saturated carbocycles. The van der Waals surface area contributed by atoms with Gasteiger partial charge in [-0.2, -0.15) is 5.10 Å². The van der Waals surface area contributed by atoms with Crippen molar-refractivity contribution in [2.24, 2.45) is 0 Å². The van der Waals surface area contributed by atoms with Crippen molar-refractivity contribution < 1.29 is 9.13 Å². The summed E-state index contributed by atoms with van der Waals surface area (Å²) in [5.41, 5.74) is 1.26. The van der Waals surface area contributed by atoms with Crippen LogP contribution in [0.4, 0.5) is 10.2 Å². The number of hydrogen-bond acceptors (Lipinski definition) is 5. The Hall–Kier alpha value is -2.54. The average Bonchev–Trinajstić information content (AvgIpc) is 2.96. The fourth-order valence-electron chi connectivity index (χ4n) is 2.49. The van der Waals surface area contributed by atoms with Crippen molar-refractivity contribution in [1.82, 2.24) is 19.7 Å². The van der Waals surface area contributed by atoms with E-state index >= 15 is 0 Å². The molecule has 0 unspecified atom stereocenters. The summed E-state index contributed by atoms with van der Waals surface area (Å²) in [5, 5.41) is 8.47. The maximum Gasteiger partial charge on any atom is 0.168 e. The van der Waals surface area contributed by atoms with Gasteiger partial charge in [0.15, 0.2) is 5.65 Å². The Kier molecular flexibility index (Phi) is 4.71. The molecular weight excluding hydrogens is 309 g/mol. The average molecular weight is 329 g/mol. The van der Waals surface area contributed by atoms with Crippen molar-refractivity contribution in [2.75, 3.05) is 18.5 Å². The molecule has 0 aliphatic carbocycles. The van der Waals surface area contributed by atoms with Crippen molar-refractivity contribution in [3.63, 3.8) is 0 Å². The van der Waals surface area contributed by atoms with Crippen molar-refractivity contribution in [2.45, 2.75) is 26.8 Å². The fourth-order valence-corrected chi connectivity index (χ4v) is 2.49. The Labute approximate surface area is 139 Å². The molecule has 0 aliphatic heterocycles. The lowest BCUT2D eigenvalue weighted by Crippen LogP contribution is -2.22. The molecule has 0 aliphatic rings. The zero-order valence-corrected chi connectivity index (χ0v) is 14.0. The molecular formula is C17H20FN5O. The number of ether oxygens (including phenoxy) is 1. The number of hydrogen-bond donors (Lipinski definition) is 1. The van der Waals surface area contributed by atoms with Crippen LogP contribution in [0.2, 0.25) is 0 Å². The SMILES string of the molecule is CCOC[C@@H](C)Nc1nc(C)nc2c1cnn2-c1cccc(F)c1. The molecule has 7 heteroatoms. The minimum Gasteiger partial charge on any atom is -0.380 e.